The van der Waals surface area contributed by atoms with Crippen LogP contribution in [0.2, 0.25) is 5.28 Å². The van der Waals surface area contributed by atoms with Crippen LogP contribution in [0.3, 0.4) is 0 Å². The number of phenolic OH excluding ortho intramolecular Hbond substituents is 1. The van der Waals surface area contributed by atoms with Gasteiger partial charge in [-0.15, -0.1) is 0 Å². The Hall–Kier alpha value is -1.81. The Kier molecular flexibility index (Phi) is 2.69. The van der Waals surface area contributed by atoms with Crippen LogP contribution in [0, 0.1) is 0 Å². The fourth-order valence-corrected chi connectivity index (χ4v) is 1.15. The Morgan fingerprint density at radius 1 is 1.13 bits per heavy atom. The lowest BCUT2D eigenvalue weighted by Crippen LogP contribution is -1.88. The summed E-state index contributed by atoms with van der Waals surface area (Å²) in [6, 6.07) is 7.91. The zero-order chi connectivity index (χ0) is 10.7. The van der Waals surface area contributed by atoms with Gasteiger partial charge >= 0.3 is 0 Å². The average molecular weight is 223 g/mol. The van der Waals surface area contributed by atoms with Crippen molar-refractivity contribution in [2.24, 2.45) is 0 Å². The summed E-state index contributed by atoms with van der Waals surface area (Å²) >= 11 is 5.59. The molecule has 2 aromatic rings. The summed E-state index contributed by atoms with van der Waals surface area (Å²) in [5, 5.41) is 9.20. The van der Waals surface area contributed by atoms with Crippen molar-refractivity contribution in [3.05, 3.63) is 41.8 Å². The smallest absolute Gasteiger partial charge is 0.225 e. The van der Waals surface area contributed by atoms with Crippen molar-refractivity contribution in [1.82, 2.24) is 9.97 Å². The first-order chi connectivity index (χ1) is 7.24. The summed E-state index contributed by atoms with van der Waals surface area (Å²) in [4.78, 5) is 7.59. The fourth-order valence-electron chi connectivity index (χ4n) is 1.01. The Morgan fingerprint density at radius 2 is 1.87 bits per heavy atom. The van der Waals surface area contributed by atoms with Crippen LogP contribution < -0.4 is 4.74 Å². The first-order valence-electron chi connectivity index (χ1n) is 4.19. The number of hydrogen-bond acceptors (Lipinski definition) is 4. The normalized spacial score (nSPS) is 9.93. The number of ether oxygens (including phenoxy) is 1. The molecule has 76 valence electrons. The van der Waals surface area contributed by atoms with Crippen LogP contribution in [0.1, 0.15) is 0 Å². The predicted octanol–water partition coefficient (Wildman–Crippen LogP) is 2.63. The van der Waals surface area contributed by atoms with Crippen LogP contribution in [-0.4, -0.2) is 15.1 Å². The second-order valence-electron chi connectivity index (χ2n) is 2.76. The summed E-state index contributed by atoms with van der Waals surface area (Å²) in [5.41, 5.74) is 0. The highest BCUT2D eigenvalue weighted by atomic mass is 35.5. The van der Waals surface area contributed by atoms with Gasteiger partial charge in [0.25, 0.3) is 0 Å². The van der Waals surface area contributed by atoms with E-state index in [0.29, 0.717) is 11.6 Å². The number of aromatic nitrogens is 2. The minimum absolute atomic E-state index is 0.131. The number of nitrogens with zero attached hydrogens (tertiary/aromatic N) is 2. The molecule has 0 fully saturated rings. The fraction of sp³-hybridized carbons (Fsp3) is 0. The van der Waals surface area contributed by atoms with Crippen LogP contribution in [0.25, 0.3) is 0 Å². The SMILES string of the molecule is Oc1ccc(Oc2ccnc(Cl)n2)cc1. The molecule has 0 aliphatic heterocycles. The van der Waals surface area contributed by atoms with Gasteiger partial charge in [-0.3, -0.25) is 0 Å². The first kappa shape index (κ1) is 9.73. The van der Waals surface area contributed by atoms with Crippen molar-refractivity contribution < 1.29 is 9.84 Å². The molecule has 0 atom stereocenters. The Labute approximate surface area is 91.1 Å². The lowest BCUT2D eigenvalue weighted by molar-refractivity contribution is 0.453. The summed E-state index contributed by atoms with van der Waals surface area (Å²) in [6.45, 7) is 0. The van der Waals surface area contributed by atoms with Crippen molar-refractivity contribution >= 4 is 11.6 Å². The molecule has 0 unspecified atom stereocenters. The number of benzene rings is 1. The van der Waals surface area contributed by atoms with Crippen molar-refractivity contribution in [1.29, 1.82) is 0 Å². The van der Waals surface area contributed by atoms with E-state index >= 15 is 0 Å². The molecule has 0 saturated carbocycles. The number of rotatable bonds is 2. The van der Waals surface area contributed by atoms with E-state index in [2.05, 4.69) is 9.97 Å². The Balaban J connectivity index is 2.18. The van der Waals surface area contributed by atoms with Crippen LogP contribution >= 0.6 is 11.6 Å². The third-order valence-electron chi connectivity index (χ3n) is 1.66. The maximum absolute atomic E-state index is 9.06. The van der Waals surface area contributed by atoms with Gasteiger partial charge in [-0.05, 0) is 35.9 Å². The zero-order valence-corrected chi connectivity index (χ0v) is 8.35. The van der Waals surface area contributed by atoms with E-state index in [1.165, 1.54) is 18.3 Å². The summed E-state index contributed by atoms with van der Waals surface area (Å²) < 4.78 is 5.37. The molecule has 2 rings (SSSR count). The predicted molar refractivity (Wildman–Crippen MR) is 55.2 cm³/mol. The molecule has 0 aliphatic carbocycles. The lowest BCUT2D eigenvalue weighted by atomic mass is 10.3. The van der Waals surface area contributed by atoms with E-state index in [1.807, 2.05) is 0 Å². The van der Waals surface area contributed by atoms with Crippen molar-refractivity contribution in [2.45, 2.75) is 0 Å². The second kappa shape index (κ2) is 4.14. The van der Waals surface area contributed by atoms with Gasteiger partial charge in [-0.1, -0.05) is 0 Å². The van der Waals surface area contributed by atoms with E-state index in [4.69, 9.17) is 21.4 Å². The standard InChI is InChI=1S/C10H7ClN2O2/c11-10-12-6-5-9(13-10)15-8-3-1-7(14)2-4-8/h1-6,14H. The summed E-state index contributed by atoms with van der Waals surface area (Å²) in [6.07, 6.45) is 1.51. The van der Waals surface area contributed by atoms with Gasteiger partial charge < -0.3 is 9.84 Å². The molecule has 0 amide bonds. The highest BCUT2D eigenvalue weighted by molar-refractivity contribution is 6.28. The van der Waals surface area contributed by atoms with Crippen molar-refractivity contribution in [2.75, 3.05) is 0 Å². The first-order valence-corrected chi connectivity index (χ1v) is 4.57. The van der Waals surface area contributed by atoms with Gasteiger partial charge in [-0.2, -0.15) is 4.98 Å². The van der Waals surface area contributed by atoms with Crippen LogP contribution in [0.5, 0.6) is 17.4 Å². The number of aromatic hydroxyl groups is 1. The zero-order valence-electron chi connectivity index (χ0n) is 7.59. The van der Waals surface area contributed by atoms with Gasteiger partial charge in [0.2, 0.25) is 11.2 Å². The van der Waals surface area contributed by atoms with Crippen molar-refractivity contribution in [3.8, 4) is 17.4 Å². The monoisotopic (exact) mass is 222 g/mol. The topological polar surface area (TPSA) is 55.2 Å². The minimum atomic E-state index is 0.131. The van der Waals surface area contributed by atoms with Gasteiger partial charge in [0.05, 0.1) is 0 Å². The Bertz CT molecular complexity index is 459. The molecule has 1 aromatic heterocycles. The molecule has 0 aliphatic rings. The third-order valence-corrected chi connectivity index (χ3v) is 1.84. The lowest BCUT2D eigenvalue weighted by Gasteiger charge is -2.03. The van der Waals surface area contributed by atoms with E-state index in [1.54, 1.807) is 18.2 Å². The van der Waals surface area contributed by atoms with E-state index in [0.717, 1.165) is 0 Å². The highest BCUT2D eigenvalue weighted by Gasteiger charge is 1.99. The Morgan fingerprint density at radius 3 is 2.53 bits per heavy atom. The maximum Gasteiger partial charge on any atom is 0.225 e. The molecule has 1 heterocycles. The number of hydrogen-bond donors (Lipinski definition) is 1. The number of halogens is 1. The largest absolute Gasteiger partial charge is 0.508 e. The molecule has 15 heavy (non-hydrogen) atoms. The average Bonchev–Trinajstić information content (AvgIpc) is 2.22. The maximum atomic E-state index is 9.06. The van der Waals surface area contributed by atoms with Gasteiger partial charge in [0, 0.05) is 12.3 Å². The van der Waals surface area contributed by atoms with E-state index in [9.17, 15) is 0 Å². The molecule has 0 bridgehead atoms. The minimum Gasteiger partial charge on any atom is -0.508 e. The van der Waals surface area contributed by atoms with Crippen molar-refractivity contribution in [3.63, 3.8) is 0 Å². The summed E-state index contributed by atoms with van der Waals surface area (Å²) in [5.74, 6) is 1.12. The number of phenols is 1. The van der Waals surface area contributed by atoms with Gasteiger partial charge in [0.15, 0.2) is 0 Å². The molecular weight excluding hydrogens is 216 g/mol. The second-order valence-corrected chi connectivity index (χ2v) is 3.10. The van der Waals surface area contributed by atoms with Crippen LogP contribution in [0.15, 0.2) is 36.5 Å². The van der Waals surface area contributed by atoms with Crippen LogP contribution in [-0.2, 0) is 0 Å². The highest BCUT2D eigenvalue weighted by Crippen LogP contribution is 2.21. The molecule has 1 aromatic carbocycles. The quantitative estimate of drug-likeness (QED) is 0.794. The summed E-state index contributed by atoms with van der Waals surface area (Å²) in [7, 11) is 0. The van der Waals surface area contributed by atoms with E-state index < -0.39 is 0 Å². The molecule has 0 saturated heterocycles. The molecule has 4 nitrogen and oxygen atoms in total. The molecule has 0 radical (unpaired) electrons. The molecule has 5 heteroatoms. The molecular formula is C10H7ClN2O2. The van der Waals surface area contributed by atoms with Crippen LogP contribution in [0.4, 0.5) is 0 Å². The molecule has 1 N–H and O–H groups in total. The third kappa shape index (κ3) is 2.57. The van der Waals surface area contributed by atoms with E-state index in [-0.39, 0.29) is 11.0 Å². The van der Waals surface area contributed by atoms with Gasteiger partial charge in [-0.25, -0.2) is 4.98 Å². The van der Waals surface area contributed by atoms with Gasteiger partial charge in [0.1, 0.15) is 11.5 Å². The molecule has 0 spiro atoms.